The minimum atomic E-state index is -0.634. The van der Waals surface area contributed by atoms with E-state index in [2.05, 4.69) is 22.0 Å². The molecule has 144 valence electrons. The number of nitrogens with two attached hydrogens (primary N) is 1. The molecule has 1 saturated carbocycles. The first-order valence-corrected chi connectivity index (χ1v) is 9.78. The Morgan fingerprint density at radius 2 is 1.81 bits per heavy atom. The molecular weight excluding hydrogens is 342 g/mol. The van der Waals surface area contributed by atoms with Crippen molar-refractivity contribution in [1.82, 2.24) is 19.9 Å². The lowest BCUT2D eigenvalue weighted by atomic mass is 9.96. The number of nitrogens with zero attached hydrogens (tertiary/aromatic N) is 4. The van der Waals surface area contributed by atoms with Crippen molar-refractivity contribution in [2.24, 2.45) is 5.73 Å². The van der Waals surface area contributed by atoms with E-state index in [0.717, 1.165) is 44.3 Å². The Hall–Kier alpha value is -2.25. The van der Waals surface area contributed by atoms with E-state index in [4.69, 9.17) is 10.3 Å². The normalized spacial score (nSPS) is 21.3. The van der Waals surface area contributed by atoms with Crippen molar-refractivity contribution >= 4 is 5.91 Å². The molecule has 2 aromatic rings. The Morgan fingerprint density at radius 3 is 2.48 bits per heavy atom. The van der Waals surface area contributed by atoms with E-state index >= 15 is 0 Å². The summed E-state index contributed by atoms with van der Waals surface area (Å²) >= 11 is 0. The number of piperazine rings is 1. The summed E-state index contributed by atoms with van der Waals surface area (Å²) in [4.78, 5) is 21.5. The molecule has 1 aliphatic carbocycles. The topological polar surface area (TPSA) is 88.5 Å². The zero-order valence-corrected chi connectivity index (χ0v) is 15.8. The van der Waals surface area contributed by atoms with Gasteiger partial charge in [-0.25, -0.2) is 0 Å². The maximum absolute atomic E-state index is 12.8. The average Bonchev–Trinajstić information content (AvgIpc) is 3.38. The van der Waals surface area contributed by atoms with Crippen molar-refractivity contribution in [2.75, 3.05) is 26.2 Å². The van der Waals surface area contributed by atoms with E-state index in [1.54, 1.807) is 0 Å². The van der Waals surface area contributed by atoms with Crippen molar-refractivity contribution in [1.29, 1.82) is 0 Å². The fourth-order valence-electron chi connectivity index (χ4n) is 4.11. The third kappa shape index (κ3) is 3.61. The lowest BCUT2D eigenvalue weighted by Gasteiger charge is -2.39. The van der Waals surface area contributed by atoms with Crippen LogP contribution >= 0.6 is 0 Å². The summed E-state index contributed by atoms with van der Waals surface area (Å²) in [6.45, 7) is 5.03. The minimum absolute atomic E-state index is 0.0190. The number of hydrogen-bond acceptors (Lipinski definition) is 6. The van der Waals surface area contributed by atoms with E-state index in [9.17, 15) is 4.79 Å². The average molecular weight is 369 g/mol. The molecule has 2 fully saturated rings. The Balaban J connectivity index is 1.37. The first-order valence-electron chi connectivity index (χ1n) is 9.78. The summed E-state index contributed by atoms with van der Waals surface area (Å²) in [7, 11) is 0. The van der Waals surface area contributed by atoms with Crippen LogP contribution in [0.25, 0.3) is 11.4 Å². The van der Waals surface area contributed by atoms with Gasteiger partial charge in [0.15, 0.2) is 0 Å². The molecule has 4 rings (SSSR count). The first kappa shape index (κ1) is 18.1. The highest BCUT2D eigenvalue weighted by molar-refractivity contribution is 5.86. The third-order valence-corrected chi connectivity index (χ3v) is 5.90. The van der Waals surface area contributed by atoms with Gasteiger partial charge in [-0.2, -0.15) is 4.98 Å². The van der Waals surface area contributed by atoms with Crippen LogP contribution in [0.3, 0.4) is 0 Å². The first-order chi connectivity index (χ1) is 13.1. The molecule has 1 unspecified atom stereocenters. The van der Waals surface area contributed by atoms with E-state index in [1.807, 2.05) is 35.2 Å². The third-order valence-electron chi connectivity index (χ3n) is 5.90. The van der Waals surface area contributed by atoms with E-state index in [0.29, 0.717) is 24.8 Å². The number of benzene rings is 1. The second kappa shape index (κ2) is 7.40. The van der Waals surface area contributed by atoms with Crippen LogP contribution in [-0.2, 0) is 4.79 Å². The summed E-state index contributed by atoms with van der Waals surface area (Å²) in [6.07, 6.45) is 3.74. The predicted molar refractivity (Wildman–Crippen MR) is 102 cm³/mol. The Kier molecular flexibility index (Phi) is 4.97. The molecule has 0 radical (unpaired) electrons. The molecule has 7 heteroatoms. The number of amides is 1. The maximum atomic E-state index is 12.8. The standard InChI is InChI=1S/C20H27N5O2/c1-15(18-22-17(23-27-18)16-7-3-2-4-8-16)24-11-13-25(14-12-24)19(26)20(21)9-5-6-10-20/h2-4,7-8,15H,5-6,9-14,21H2,1H3. The number of aromatic nitrogens is 2. The van der Waals surface area contributed by atoms with Crippen LogP contribution in [0, 0.1) is 0 Å². The van der Waals surface area contributed by atoms with Gasteiger partial charge in [0.2, 0.25) is 17.6 Å². The van der Waals surface area contributed by atoms with Gasteiger partial charge in [0, 0.05) is 31.7 Å². The van der Waals surface area contributed by atoms with E-state index < -0.39 is 5.54 Å². The summed E-state index contributed by atoms with van der Waals surface area (Å²) in [5, 5.41) is 4.11. The van der Waals surface area contributed by atoms with E-state index in [-0.39, 0.29) is 11.9 Å². The summed E-state index contributed by atoms with van der Waals surface area (Å²) in [5.41, 5.74) is 6.65. The van der Waals surface area contributed by atoms with Crippen LogP contribution in [0.1, 0.15) is 44.5 Å². The molecule has 7 nitrogen and oxygen atoms in total. The predicted octanol–water partition coefficient (Wildman–Crippen LogP) is 2.21. The largest absolute Gasteiger partial charge is 0.339 e. The monoisotopic (exact) mass is 369 g/mol. The van der Waals surface area contributed by atoms with Crippen LogP contribution in [0.5, 0.6) is 0 Å². The van der Waals surface area contributed by atoms with Crippen molar-refractivity contribution in [3.05, 3.63) is 36.2 Å². The molecule has 2 heterocycles. The molecule has 1 atom stereocenters. The van der Waals surface area contributed by atoms with Crippen molar-refractivity contribution in [2.45, 2.75) is 44.2 Å². The van der Waals surface area contributed by atoms with Gasteiger partial charge in [-0.05, 0) is 19.8 Å². The van der Waals surface area contributed by atoms with Gasteiger partial charge < -0.3 is 15.2 Å². The fourth-order valence-corrected chi connectivity index (χ4v) is 4.11. The second-order valence-corrected chi connectivity index (χ2v) is 7.69. The van der Waals surface area contributed by atoms with Crippen LogP contribution in [0.15, 0.2) is 34.9 Å². The van der Waals surface area contributed by atoms with Crippen molar-refractivity contribution < 1.29 is 9.32 Å². The lowest BCUT2D eigenvalue weighted by Crippen LogP contribution is -2.58. The molecule has 0 bridgehead atoms. The molecular formula is C20H27N5O2. The molecule has 1 aromatic heterocycles. The quantitative estimate of drug-likeness (QED) is 0.889. The van der Waals surface area contributed by atoms with Gasteiger partial charge in [0.1, 0.15) is 0 Å². The number of rotatable bonds is 4. The van der Waals surface area contributed by atoms with Crippen LogP contribution in [-0.4, -0.2) is 57.6 Å². The highest BCUT2D eigenvalue weighted by Crippen LogP contribution is 2.30. The van der Waals surface area contributed by atoms with Gasteiger partial charge in [0.25, 0.3) is 0 Å². The van der Waals surface area contributed by atoms with Crippen molar-refractivity contribution in [3.8, 4) is 11.4 Å². The summed E-state index contributed by atoms with van der Waals surface area (Å²) in [5.74, 6) is 1.34. The molecule has 1 aliphatic heterocycles. The Labute approximate surface area is 159 Å². The Bertz CT molecular complexity index is 777. The summed E-state index contributed by atoms with van der Waals surface area (Å²) < 4.78 is 5.50. The molecule has 0 spiro atoms. The minimum Gasteiger partial charge on any atom is -0.339 e. The van der Waals surface area contributed by atoms with Gasteiger partial charge in [-0.1, -0.05) is 48.3 Å². The molecule has 27 heavy (non-hydrogen) atoms. The zero-order chi connectivity index (χ0) is 18.9. The number of carbonyl (C=O) groups excluding carboxylic acids is 1. The second-order valence-electron chi connectivity index (χ2n) is 7.69. The summed E-state index contributed by atoms with van der Waals surface area (Å²) in [6, 6.07) is 9.83. The number of carbonyl (C=O) groups is 1. The molecule has 1 aromatic carbocycles. The van der Waals surface area contributed by atoms with E-state index in [1.165, 1.54) is 0 Å². The molecule has 1 amide bonds. The van der Waals surface area contributed by atoms with Gasteiger partial charge in [-0.15, -0.1) is 0 Å². The van der Waals surface area contributed by atoms with Gasteiger partial charge >= 0.3 is 0 Å². The maximum Gasteiger partial charge on any atom is 0.244 e. The van der Waals surface area contributed by atoms with Gasteiger partial charge in [-0.3, -0.25) is 9.69 Å². The highest BCUT2D eigenvalue weighted by Gasteiger charge is 2.41. The SMILES string of the molecule is CC(c1nc(-c2ccccc2)no1)N1CCN(C(=O)C2(N)CCCC2)CC1. The smallest absolute Gasteiger partial charge is 0.244 e. The molecule has 2 aliphatic rings. The fraction of sp³-hybridized carbons (Fsp3) is 0.550. The van der Waals surface area contributed by atoms with Crippen LogP contribution < -0.4 is 5.73 Å². The highest BCUT2D eigenvalue weighted by atomic mass is 16.5. The molecule has 2 N–H and O–H groups in total. The van der Waals surface area contributed by atoms with Crippen LogP contribution in [0.4, 0.5) is 0 Å². The lowest BCUT2D eigenvalue weighted by molar-refractivity contribution is -0.139. The van der Waals surface area contributed by atoms with Crippen molar-refractivity contribution in [3.63, 3.8) is 0 Å². The Morgan fingerprint density at radius 1 is 1.15 bits per heavy atom. The number of hydrogen-bond donors (Lipinski definition) is 1. The van der Waals surface area contributed by atoms with Crippen LogP contribution in [0.2, 0.25) is 0 Å². The zero-order valence-electron chi connectivity index (χ0n) is 15.8. The molecule has 1 saturated heterocycles. The van der Waals surface area contributed by atoms with Gasteiger partial charge in [0.05, 0.1) is 11.6 Å².